The third kappa shape index (κ3) is 10.7. The third-order valence-electron chi connectivity index (χ3n) is 1.61. The third-order valence-corrected chi connectivity index (χ3v) is 1.61. The quantitative estimate of drug-likeness (QED) is 0.533. The summed E-state index contributed by atoms with van der Waals surface area (Å²) in [6, 6.07) is 0. The van der Waals surface area contributed by atoms with Crippen LogP contribution in [-0.4, -0.2) is 20.6 Å². The number of unbranched alkanes of at least 4 members (excludes halogenated alkanes) is 4. The van der Waals surface area contributed by atoms with E-state index in [0.29, 0.717) is 0 Å². The molecule has 0 aromatic carbocycles. The minimum Gasteiger partial charge on any atom is -0.136 e. The summed E-state index contributed by atoms with van der Waals surface area (Å²) in [5, 5.41) is 13.1. The molecule has 0 spiro atoms. The van der Waals surface area contributed by atoms with Crippen LogP contribution in [0.15, 0.2) is 25.0 Å². The largest absolute Gasteiger partial charge is 0.136 e. The van der Waals surface area contributed by atoms with E-state index < -0.39 is 0 Å². The maximum atomic E-state index is 3.66. The maximum Gasteiger partial charge on any atom is 0.0716 e. The molecular weight excluding hydrogens is 176 g/mol. The summed E-state index contributed by atoms with van der Waals surface area (Å²) < 4.78 is 0. The van der Waals surface area contributed by atoms with Gasteiger partial charge in [-0.1, -0.05) is 32.3 Å². The van der Waals surface area contributed by atoms with Crippen LogP contribution in [0.2, 0.25) is 0 Å². The summed E-state index contributed by atoms with van der Waals surface area (Å²) in [6.07, 6.45) is 11.5. The predicted molar refractivity (Wildman–Crippen MR) is 56.6 cm³/mol. The molecule has 0 radical (unpaired) electrons. The molecule has 0 amide bonds. The lowest BCUT2D eigenvalue weighted by molar-refractivity contribution is 0.675. The Hall–Kier alpha value is -1.32. The number of nitrogens with zero attached hydrogens (tertiary/aromatic N) is 4. The highest BCUT2D eigenvalue weighted by Crippen LogP contribution is 2.01. The van der Waals surface area contributed by atoms with Crippen molar-refractivity contribution >= 4 is 0 Å². The number of aromatic nitrogens is 4. The molecule has 14 heavy (non-hydrogen) atoms. The van der Waals surface area contributed by atoms with Gasteiger partial charge in [0.1, 0.15) is 0 Å². The zero-order valence-electron chi connectivity index (χ0n) is 8.76. The summed E-state index contributed by atoms with van der Waals surface area (Å²) in [5.74, 6) is 0. The van der Waals surface area contributed by atoms with E-state index in [2.05, 4.69) is 34.1 Å². The molecule has 0 aliphatic heterocycles. The average molecular weight is 194 g/mol. The van der Waals surface area contributed by atoms with Gasteiger partial charge < -0.3 is 0 Å². The van der Waals surface area contributed by atoms with Crippen molar-refractivity contribution in [2.45, 2.75) is 39.0 Å². The minimum absolute atomic E-state index is 1.19. The maximum absolute atomic E-state index is 3.66. The Labute approximate surface area is 85.5 Å². The summed E-state index contributed by atoms with van der Waals surface area (Å²) in [7, 11) is 0. The van der Waals surface area contributed by atoms with Crippen molar-refractivity contribution in [3.05, 3.63) is 25.0 Å². The van der Waals surface area contributed by atoms with Gasteiger partial charge in [-0.25, -0.2) is 0 Å². The van der Waals surface area contributed by atoms with Gasteiger partial charge in [0.25, 0.3) is 0 Å². The SMILES string of the molecule is C=CCCCCCC.c1cnnnn1. The van der Waals surface area contributed by atoms with Crippen molar-refractivity contribution in [2.75, 3.05) is 0 Å². The van der Waals surface area contributed by atoms with E-state index in [4.69, 9.17) is 0 Å². The number of allylic oxidation sites excluding steroid dienone is 1. The smallest absolute Gasteiger partial charge is 0.0716 e. The van der Waals surface area contributed by atoms with Gasteiger partial charge in [0.05, 0.1) is 12.4 Å². The van der Waals surface area contributed by atoms with Crippen LogP contribution in [0.1, 0.15) is 39.0 Å². The molecule has 0 unspecified atom stereocenters. The molecular formula is C10H18N4. The summed E-state index contributed by atoms with van der Waals surface area (Å²) in [5.41, 5.74) is 0. The molecule has 1 heterocycles. The molecule has 0 aliphatic rings. The van der Waals surface area contributed by atoms with Crippen LogP contribution >= 0.6 is 0 Å². The Morgan fingerprint density at radius 3 is 2.07 bits per heavy atom. The molecule has 0 saturated carbocycles. The fraction of sp³-hybridized carbons (Fsp3) is 0.600. The Morgan fingerprint density at radius 1 is 1.07 bits per heavy atom. The summed E-state index contributed by atoms with van der Waals surface area (Å²) in [4.78, 5) is 0. The summed E-state index contributed by atoms with van der Waals surface area (Å²) in [6.45, 7) is 5.89. The van der Waals surface area contributed by atoms with Gasteiger partial charge >= 0.3 is 0 Å². The molecule has 0 fully saturated rings. The zero-order chi connectivity index (χ0) is 10.5. The molecule has 1 rings (SSSR count). The number of rotatable bonds is 5. The van der Waals surface area contributed by atoms with Gasteiger partial charge in [-0.15, -0.1) is 16.8 Å². The normalized spacial score (nSPS) is 8.64. The Morgan fingerprint density at radius 2 is 1.71 bits per heavy atom. The van der Waals surface area contributed by atoms with Gasteiger partial charge in [-0.05, 0) is 23.3 Å². The molecule has 4 nitrogen and oxygen atoms in total. The van der Waals surface area contributed by atoms with Crippen LogP contribution in [0.4, 0.5) is 0 Å². The number of hydrogen-bond acceptors (Lipinski definition) is 4. The fourth-order valence-electron chi connectivity index (χ4n) is 0.881. The van der Waals surface area contributed by atoms with Crippen LogP contribution in [0.3, 0.4) is 0 Å². The first-order valence-electron chi connectivity index (χ1n) is 4.97. The highest BCUT2D eigenvalue weighted by atomic mass is 15.4. The second-order valence-electron chi connectivity index (χ2n) is 2.85. The van der Waals surface area contributed by atoms with Gasteiger partial charge in [0, 0.05) is 0 Å². The standard InChI is InChI=1S/C8H16.C2H2N4/c1-3-5-7-8-6-4-2;1-2-4-6-5-3-1/h3H,1,4-8H2,2H3;1-2H. The molecule has 1 aromatic rings. The fourth-order valence-corrected chi connectivity index (χ4v) is 0.881. The molecule has 0 saturated heterocycles. The molecule has 78 valence electrons. The molecule has 0 bridgehead atoms. The van der Waals surface area contributed by atoms with Crippen molar-refractivity contribution in [1.29, 1.82) is 0 Å². The Balaban J connectivity index is 0.000000249. The van der Waals surface area contributed by atoms with E-state index in [1.165, 1.54) is 44.5 Å². The second kappa shape index (κ2) is 11.7. The topological polar surface area (TPSA) is 51.6 Å². The van der Waals surface area contributed by atoms with Crippen molar-refractivity contribution < 1.29 is 0 Å². The molecule has 4 heteroatoms. The first-order valence-corrected chi connectivity index (χ1v) is 4.97. The highest BCUT2D eigenvalue weighted by Gasteiger charge is 1.81. The van der Waals surface area contributed by atoms with E-state index in [0.717, 1.165) is 0 Å². The van der Waals surface area contributed by atoms with Gasteiger partial charge in [-0.2, -0.15) is 0 Å². The van der Waals surface area contributed by atoms with Crippen LogP contribution in [0.25, 0.3) is 0 Å². The lowest BCUT2D eigenvalue weighted by Gasteiger charge is -1.91. The molecule has 0 aliphatic carbocycles. The van der Waals surface area contributed by atoms with E-state index in [1.807, 2.05) is 6.08 Å². The number of hydrogen-bond donors (Lipinski definition) is 0. The minimum atomic E-state index is 1.19. The lowest BCUT2D eigenvalue weighted by atomic mass is 10.2. The second-order valence-corrected chi connectivity index (χ2v) is 2.85. The van der Waals surface area contributed by atoms with Gasteiger partial charge in [0.15, 0.2) is 0 Å². The Kier molecular flexibility index (Phi) is 10.6. The summed E-state index contributed by atoms with van der Waals surface area (Å²) >= 11 is 0. The van der Waals surface area contributed by atoms with Crippen molar-refractivity contribution in [2.24, 2.45) is 0 Å². The average Bonchev–Trinajstić information content (AvgIpc) is 2.28. The van der Waals surface area contributed by atoms with E-state index in [-0.39, 0.29) is 0 Å². The van der Waals surface area contributed by atoms with Crippen LogP contribution in [0, 0.1) is 0 Å². The molecule has 0 atom stereocenters. The first-order chi connectivity index (χ1) is 6.91. The van der Waals surface area contributed by atoms with Crippen LogP contribution < -0.4 is 0 Å². The van der Waals surface area contributed by atoms with E-state index >= 15 is 0 Å². The Bertz CT molecular complexity index is 174. The molecule has 1 aromatic heterocycles. The molecule has 0 N–H and O–H groups in total. The van der Waals surface area contributed by atoms with Gasteiger partial charge in [-0.3, -0.25) is 0 Å². The monoisotopic (exact) mass is 194 g/mol. The van der Waals surface area contributed by atoms with Crippen LogP contribution in [-0.2, 0) is 0 Å². The highest BCUT2D eigenvalue weighted by molar-refractivity contribution is 4.64. The lowest BCUT2D eigenvalue weighted by Crippen LogP contribution is -1.84. The van der Waals surface area contributed by atoms with Gasteiger partial charge in [0.2, 0.25) is 0 Å². The van der Waals surface area contributed by atoms with Crippen LogP contribution in [0.5, 0.6) is 0 Å². The van der Waals surface area contributed by atoms with Crippen molar-refractivity contribution in [1.82, 2.24) is 20.6 Å². The van der Waals surface area contributed by atoms with Crippen molar-refractivity contribution in [3.63, 3.8) is 0 Å². The van der Waals surface area contributed by atoms with Crippen molar-refractivity contribution in [3.8, 4) is 0 Å². The first kappa shape index (κ1) is 12.7. The van der Waals surface area contributed by atoms with E-state index in [1.54, 1.807) is 0 Å². The zero-order valence-corrected chi connectivity index (χ0v) is 8.76. The predicted octanol–water partition coefficient (Wildman–Crippen LogP) is 2.41. The van der Waals surface area contributed by atoms with E-state index in [9.17, 15) is 0 Å².